The highest BCUT2D eigenvalue weighted by Gasteiger charge is 2.10. The van der Waals surface area contributed by atoms with Crippen LogP contribution in [-0.4, -0.2) is 15.7 Å². The van der Waals surface area contributed by atoms with Gasteiger partial charge in [-0.2, -0.15) is 5.10 Å². The van der Waals surface area contributed by atoms with Crippen LogP contribution >= 0.6 is 27.5 Å². The number of carbonyl (C=O) groups excluding carboxylic acids is 1. The summed E-state index contributed by atoms with van der Waals surface area (Å²) in [5.74, 6) is -0.132. The minimum Gasteiger partial charge on any atom is -0.346 e. The number of hydrogen-bond donors (Lipinski definition) is 1. The lowest BCUT2D eigenvalue weighted by molar-refractivity contribution is 0.0950. The SMILES string of the molecule is CCn1ncc(Br)c1CNC(=O)c1ccc(Cl)cc1. The molecule has 1 amide bonds. The molecule has 4 nitrogen and oxygen atoms in total. The lowest BCUT2D eigenvalue weighted by atomic mass is 10.2. The fourth-order valence-corrected chi connectivity index (χ4v) is 2.27. The van der Waals surface area contributed by atoms with Gasteiger partial charge in [-0.05, 0) is 47.1 Å². The van der Waals surface area contributed by atoms with E-state index in [-0.39, 0.29) is 5.91 Å². The van der Waals surface area contributed by atoms with Crippen molar-refractivity contribution in [2.24, 2.45) is 0 Å². The van der Waals surface area contributed by atoms with Crippen LogP contribution < -0.4 is 5.32 Å². The number of nitrogens with zero attached hydrogens (tertiary/aromatic N) is 2. The largest absolute Gasteiger partial charge is 0.346 e. The van der Waals surface area contributed by atoms with Gasteiger partial charge in [0.25, 0.3) is 5.91 Å². The van der Waals surface area contributed by atoms with Crippen molar-refractivity contribution in [2.45, 2.75) is 20.0 Å². The van der Waals surface area contributed by atoms with Crippen molar-refractivity contribution >= 4 is 33.4 Å². The summed E-state index contributed by atoms with van der Waals surface area (Å²) in [7, 11) is 0. The lowest BCUT2D eigenvalue weighted by Gasteiger charge is -2.08. The Morgan fingerprint density at radius 2 is 2.11 bits per heavy atom. The van der Waals surface area contributed by atoms with Crippen molar-refractivity contribution in [3.63, 3.8) is 0 Å². The molecular weight excluding hydrogens is 330 g/mol. The van der Waals surface area contributed by atoms with Crippen LogP contribution in [0.1, 0.15) is 23.0 Å². The van der Waals surface area contributed by atoms with Crippen LogP contribution in [0.2, 0.25) is 5.02 Å². The van der Waals surface area contributed by atoms with Crippen LogP contribution in [0.25, 0.3) is 0 Å². The van der Waals surface area contributed by atoms with Crippen LogP contribution in [0.5, 0.6) is 0 Å². The summed E-state index contributed by atoms with van der Waals surface area (Å²) < 4.78 is 2.73. The van der Waals surface area contributed by atoms with Gasteiger partial charge in [0.05, 0.1) is 22.9 Å². The molecule has 1 heterocycles. The first-order chi connectivity index (χ1) is 9.11. The van der Waals surface area contributed by atoms with E-state index in [4.69, 9.17) is 11.6 Å². The summed E-state index contributed by atoms with van der Waals surface area (Å²) in [6.07, 6.45) is 1.73. The predicted molar refractivity (Wildman–Crippen MR) is 78.2 cm³/mol. The Hall–Kier alpha value is -1.33. The molecule has 0 aliphatic heterocycles. The maximum absolute atomic E-state index is 12.0. The molecule has 2 aromatic rings. The highest BCUT2D eigenvalue weighted by atomic mass is 79.9. The molecule has 6 heteroatoms. The van der Waals surface area contributed by atoms with Crippen molar-refractivity contribution < 1.29 is 4.79 Å². The van der Waals surface area contributed by atoms with Crippen LogP contribution in [0, 0.1) is 0 Å². The average Bonchev–Trinajstić information content (AvgIpc) is 2.77. The number of aryl methyl sites for hydroxylation is 1. The summed E-state index contributed by atoms with van der Waals surface area (Å²) >= 11 is 9.21. The minimum absolute atomic E-state index is 0.132. The smallest absolute Gasteiger partial charge is 0.251 e. The Morgan fingerprint density at radius 3 is 2.74 bits per heavy atom. The normalized spacial score (nSPS) is 10.5. The maximum atomic E-state index is 12.0. The van der Waals surface area contributed by atoms with Gasteiger partial charge in [-0.25, -0.2) is 0 Å². The number of carbonyl (C=O) groups is 1. The Balaban J connectivity index is 2.04. The molecule has 1 aromatic heterocycles. The molecule has 1 aromatic carbocycles. The summed E-state index contributed by atoms with van der Waals surface area (Å²) in [4.78, 5) is 12.0. The Morgan fingerprint density at radius 1 is 1.42 bits per heavy atom. The Bertz CT molecular complexity index is 580. The number of amides is 1. The summed E-state index contributed by atoms with van der Waals surface area (Å²) in [6, 6.07) is 6.79. The van der Waals surface area contributed by atoms with Gasteiger partial charge in [-0.3, -0.25) is 9.48 Å². The van der Waals surface area contributed by atoms with Crippen LogP contribution in [0.3, 0.4) is 0 Å². The van der Waals surface area contributed by atoms with Gasteiger partial charge in [0, 0.05) is 17.1 Å². The first-order valence-electron chi connectivity index (χ1n) is 5.85. The predicted octanol–water partition coefficient (Wildman–Crippen LogP) is 3.25. The molecule has 0 bridgehead atoms. The number of nitrogens with one attached hydrogen (secondary N) is 1. The molecule has 1 N–H and O–H groups in total. The standard InChI is InChI=1S/C13H13BrClN3O/c1-2-18-12(11(14)7-17-18)8-16-13(19)9-3-5-10(15)6-4-9/h3-7H,2,8H2,1H3,(H,16,19). The second-order valence-electron chi connectivity index (χ2n) is 3.94. The van der Waals surface area contributed by atoms with E-state index in [9.17, 15) is 4.79 Å². The van der Waals surface area contributed by atoms with Crippen molar-refractivity contribution in [3.05, 3.63) is 51.2 Å². The van der Waals surface area contributed by atoms with E-state index in [1.54, 1.807) is 30.5 Å². The van der Waals surface area contributed by atoms with Gasteiger partial charge >= 0.3 is 0 Å². The number of hydrogen-bond acceptors (Lipinski definition) is 2. The van der Waals surface area contributed by atoms with E-state index in [1.165, 1.54) is 0 Å². The van der Waals surface area contributed by atoms with E-state index < -0.39 is 0 Å². The molecule has 19 heavy (non-hydrogen) atoms. The van der Waals surface area contributed by atoms with Crippen molar-refractivity contribution in [1.82, 2.24) is 15.1 Å². The van der Waals surface area contributed by atoms with E-state index in [1.807, 2.05) is 11.6 Å². The summed E-state index contributed by atoms with van der Waals surface area (Å²) in [5, 5.41) is 7.68. The molecule has 0 unspecified atom stereocenters. The molecule has 0 saturated heterocycles. The van der Waals surface area contributed by atoms with E-state index in [2.05, 4.69) is 26.3 Å². The second-order valence-corrected chi connectivity index (χ2v) is 5.24. The lowest BCUT2D eigenvalue weighted by Crippen LogP contribution is -2.24. The third kappa shape index (κ3) is 3.36. The highest BCUT2D eigenvalue weighted by Crippen LogP contribution is 2.16. The molecule has 2 rings (SSSR count). The molecule has 0 spiro atoms. The number of rotatable bonds is 4. The fraction of sp³-hybridized carbons (Fsp3) is 0.231. The Kier molecular flexibility index (Phi) is 4.61. The second kappa shape index (κ2) is 6.21. The van der Waals surface area contributed by atoms with Gasteiger partial charge in [0.1, 0.15) is 0 Å². The van der Waals surface area contributed by atoms with Gasteiger partial charge in [-0.15, -0.1) is 0 Å². The van der Waals surface area contributed by atoms with Crippen molar-refractivity contribution in [2.75, 3.05) is 0 Å². The van der Waals surface area contributed by atoms with E-state index in [0.717, 1.165) is 16.7 Å². The molecular formula is C13H13BrClN3O. The monoisotopic (exact) mass is 341 g/mol. The fourth-order valence-electron chi connectivity index (χ4n) is 1.70. The summed E-state index contributed by atoms with van der Waals surface area (Å²) in [6.45, 7) is 3.19. The average molecular weight is 343 g/mol. The third-order valence-corrected chi connectivity index (χ3v) is 3.63. The van der Waals surface area contributed by atoms with Crippen molar-refractivity contribution in [1.29, 1.82) is 0 Å². The zero-order valence-corrected chi connectivity index (χ0v) is 12.7. The molecule has 0 radical (unpaired) electrons. The minimum atomic E-state index is -0.132. The zero-order valence-electron chi connectivity index (χ0n) is 10.4. The van der Waals surface area contributed by atoms with Crippen LogP contribution in [0.4, 0.5) is 0 Å². The topological polar surface area (TPSA) is 46.9 Å². The zero-order chi connectivity index (χ0) is 13.8. The first kappa shape index (κ1) is 14.1. The molecule has 100 valence electrons. The molecule has 0 aliphatic rings. The van der Waals surface area contributed by atoms with Gasteiger partial charge in [0.2, 0.25) is 0 Å². The number of aromatic nitrogens is 2. The van der Waals surface area contributed by atoms with Gasteiger partial charge < -0.3 is 5.32 Å². The van der Waals surface area contributed by atoms with Gasteiger partial charge in [0.15, 0.2) is 0 Å². The van der Waals surface area contributed by atoms with Crippen molar-refractivity contribution in [3.8, 4) is 0 Å². The highest BCUT2D eigenvalue weighted by molar-refractivity contribution is 9.10. The van der Waals surface area contributed by atoms with Crippen LogP contribution in [-0.2, 0) is 13.1 Å². The van der Waals surface area contributed by atoms with E-state index in [0.29, 0.717) is 17.1 Å². The molecule has 0 atom stereocenters. The molecule has 0 saturated carbocycles. The van der Waals surface area contributed by atoms with Gasteiger partial charge in [-0.1, -0.05) is 11.6 Å². The molecule has 0 aliphatic carbocycles. The molecule has 0 fully saturated rings. The quantitative estimate of drug-likeness (QED) is 0.927. The summed E-state index contributed by atoms with van der Waals surface area (Å²) in [5.41, 5.74) is 1.54. The Labute approximate surface area is 124 Å². The number of halogens is 2. The number of benzene rings is 1. The van der Waals surface area contributed by atoms with Crippen LogP contribution in [0.15, 0.2) is 34.9 Å². The first-order valence-corrected chi connectivity index (χ1v) is 7.03. The maximum Gasteiger partial charge on any atom is 0.251 e. The third-order valence-electron chi connectivity index (χ3n) is 2.72. The van der Waals surface area contributed by atoms with E-state index >= 15 is 0 Å².